The first-order valence-electron chi connectivity index (χ1n) is 7.12. The molecule has 6 heteroatoms. The molecule has 2 aliphatic rings. The number of imide groups is 1. The van der Waals surface area contributed by atoms with E-state index >= 15 is 0 Å². The highest BCUT2D eigenvalue weighted by atomic mass is 127. The second-order valence-corrected chi connectivity index (χ2v) is 6.61. The predicted molar refractivity (Wildman–Crippen MR) is 89.9 cm³/mol. The number of rotatable bonds is 3. The Kier molecular flexibility index (Phi) is 4.28. The van der Waals surface area contributed by atoms with Gasteiger partial charge in [0.1, 0.15) is 6.54 Å². The molecule has 2 atom stereocenters. The lowest BCUT2D eigenvalue weighted by atomic mass is 9.85. The molecule has 114 valence electrons. The lowest BCUT2D eigenvalue weighted by Gasteiger charge is -2.15. The van der Waals surface area contributed by atoms with Crippen LogP contribution >= 0.6 is 22.6 Å². The number of nitrogens with zero attached hydrogens (tertiary/aromatic N) is 1. The Morgan fingerprint density at radius 3 is 2.32 bits per heavy atom. The molecule has 1 aromatic rings. The van der Waals surface area contributed by atoms with E-state index in [-0.39, 0.29) is 36.1 Å². The number of anilines is 1. The highest BCUT2D eigenvalue weighted by Gasteiger charge is 2.47. The minimum atomic E-state index is -0.350. The Morgan fingerprint density at radius 2 is 1.73 bits per heavy atom. The lowest BCUT2D eigenvalue weighted by Crippen LogP contribution is -2.38. The molecule has 1 saturated heterocycles. The molecule has 1 N–H and O–H groups in total. The molecule has 3 rings (SSSR count). The monoisotopic (exact) mass is 410 g/mol. The number of likely N-dealkylation sites (tertiary alicyclic amines) is 1. The number of amides is 3. The van der Waals surface area contributed by atoms with Crippen molar-refractivity contribution in [3.63, 3.8) is 0 Å². The lowest BCUT2D eigenvalue weighted by molar-refractivity contribution is -0.142. The van der Waals surface area contributed by atoms with E-state index in [2.05, 4.69) is 27.9 Å². The van der Waals surface area contributed by atoms with Crippen molar-refractivity contribution in [3.8, 4) is 0 Å². The zero-order chi connectivity index (χ0) is 15.7. The van der Waals surface area contributed by atoms with Gasteiger partial charge in [0.05, 0.1) is 17.5 Å². The van der Waals surface area contributed by atoms with Gasteiger partial charge in [-0.3, -0.25) is 19.3 Å². The molecule has 1 fully saturated rings. The van der Waals surface area contributed by atoms with Crippen LogP contribution in [0, 0.1) is 15.4 Å². The molecule has 0 radical (unpaired) electrons. The van der Waals surface area contributed by atoms with Gasteiger partial charge < -0.3 is 5.32 Å². The van der Waals surface area contributed by atoms with E-state index < -0.39 is 0 Å². The molecule has 1 aliphatic carbocycles. The first kappa shape index (κ1) is 15.2. The third-order valence-electron chi connectivity index (χ3n) is 4.05. The zero-order valence-corrected chi connectivity index (χ0v) is 13.9. The Bertz CT molecular complexity index is 645. The van der Waals surface area contributed by atoms with Crippen molar-refractivity contribution in [1.29, 1.82) is 0 Å². The normalized spacial score (nSPS) is 23.6. The van der Waals surface area contributed by atoms with E-state index in [0.29, 0.717) is 18.5 Å². The van der Waals surface area contributed by atoms with Gasteiger partial charge in [-0.05, 0) is 47.6 Å². The number of allylic oxidation sites excluding steroid dienone is 2. The summed E-state index contributed by atoms with van der Waals surface area (Å²) < 4.78 is 0.908. The van der Waals surface area contributed by atoms with Crippen molar-refractivity contribution < 1.29 is 14.4 Å². The SMILES string of the molecule is O=C(CN1C(=O)[C@H]2CC=CC[C@@H]2C1=O)Nc1ccccc1I. The Morgan fingerprint density at radius 1 is 1.14 bits per heavy atom. The largest absolute Gasteiger partial charge is 0.324 e. The van der Waals surface area contributed by atoms with Gasteiger partial charge in [0.15, 0.2) is 0 Å². The summed E-state index contributed by atoms with van der Waals surface area (Å²) in [7, 11) is 0. The van der Waals surface area contributed by atoms with Crippen molar-refractivity contribution in [3.05, 3.63) is 40.0 Å². The molecule has 1 heterocycles. The Balaban J connectivity index is 1.68. The van der Waals surface area contributed by atoms with Gasteiger partial charge in [-0.25, -0.2) is 0 Å². The fourth-order valence-corrected chi connectivity index (χ4v) is 3.44. The number of para-hydroxylation sites is 1. The average Bonchev–Trinajstić information content (AvgIpc) is 2.75. The topological polar surface area (TPSA) is 66.5 Å². The summed E-state index contributed by atoms with van der Waals surface area (Å²) >= 11 is 2.12. The van der Waals surface area contributed by atoms with Crippen LogP contribution in [0.4, 0.5) is 5.69 Å². The molecule has 1 aromatic carbocycles. The minimum absolute atomic E-state index is 0.213. The number of halogens is 1. The molecular formula is C16H15IN2O3. The highest BCUT2D eigenvalue weighted by molar-refractivity contribution is 14.1. The quantitative estimate of drug-likeness (QED) is 0.472. The number of nitrogens with one attached hydrogen (secondary N) is 1. The van der Waals surface area contributed by atoms with E-state index in [0.717, 1.165) is 8.47 Å². The van der Waals surface area contributed by atoms with Crippen molar-refractivity contribution in [2.45, 2.75) is 12.8 Å². The molecule has 5 nitrogen and oxygen atoms in total. The van der Waals surface area contributed by atoms with E-state index in [1.807, 2.05) is 30.4 Å². The van der Waals surface area contributed by atoms with E-state index in [9.17, 15) is 14.4 Å². The van der Waals surface area contributed by atoms with E-state index in [1.165, 1.54) is 0 Å². The standard InChI is InChI=1S/C16H15IN2O3/c17-12-7-3-4-8-13(12)18-14(20)9-19-15(21)10-5-1-2-6-11(10)16(19)22/h1-4,7-8,10-11H,5-6,9H2,(H,18,20)/t10-,11-/m0/s1. The van der Waals surface area contributed by atoms with Gasteiger partial charge in [-0.1, -0.05) is 24.3 Å². The van der Waals surface area contributed by atoms with Gasteiger partial charge in [0, 0.05) is 3.57 Å². The molecule has 0 saturated carbocycles. The van der Waals surface area contributed by atoms with E-state index in [1.54, 1.807) is 6.07 Å². The summed E-state index contributed by atoms with van der Waals surface area (Å²) in [4.78, 5) is 37.8. The maximum Gasteiger partial charge on any atom is 0.244 e. The van der Waals surface area contributed by atoms with Gasteiger partial charge in [0.2, 0.25) is 17.7 Å². The zero-order valence-electron chi connectivity index (χ0n) is 11.8. The average molecular weight is 410 g/mol. The number of hydrogen-bond acceptors (Lipinski definition) is 3. The molecule has 0 aromatic heterocycles. The molecule has 0 spiro atoms. The highest BCUT2D eigenvalue weighted by Crippen LogP contribution is 2.34. The van der Waals surface area contributed by atoms with Crippen molar-refractivity contribution >= 4 is 46.0 Å². The number of hydrogen-bond donors (Lipinski definition) is 1. The second kappa shape index (κ2) is 6.20. The number of fused-ring (bicyclic) bond motifs is 1. The van der Waals surface area contributed by atoms with Crippen LogP contribution in [0.5, 0.6) is 0 Å². The number of benzene rings is 1. The number of carbonyl (C=O) groups is 3. The van der Waals surface area contributed by atoms with Crippen LogP contribution in [0.15, 0.2) is 36.4 Å². The second-order valence-electron chi connectivity index (χ2n) is 5.45. The summed E-state index contributed by atoms with van der Waals surface area (Å²) in [5.41, 5.74) is 0.686. The third kappa shape index (κ3) is 2.79. The van der Waals surface area contributed by atoms with Crippen LogP contribution in [0.25, 0.3) is 0 Å². The summed E-state index contributed by atoms with van der Waals surface area (Å²) in [6.45, 7) is -0.213. The third-order valence-corrected chi connectivity index (χ3v) is 4.99. The van der Waals surface area contributed by atoms with Crippen molar-refractivity contribution in [1.82, 2.24) is 4.90 Å². The summed E-state index contributed by atoms with van der Waals surface area (Å²) in [5, 5.41) is 2.75. The van der Waals surface area contributed by atoms with E-state index in [4.69, 9.17) is 0 Å². The van der Waals surface area contributed by atoms with Crippen LogP contribution < -0.4 is 5.32 Å². The smallest absolute Gasteiger partial charge is 0.244 e. The van der Waals surface area contributed by atoms with Crippen molar-refractivity contribution in [2.75, 3.05) is 11.9 Å². The van der Waals surface area contributed by atoms with Crippen LogP contribution in [0.1, 0.15) is 12.8 Å². The summed E-state index contributed by atoms with van der Waals surface area (Å²) in [6, 6.07) is 7.37. The van der Waals surface area contributed by atoms with Gasteiger partial charge >= 0.3 is 0 Å². The fraction of sp³-hybridized carbons (Fsp3) is 0.312. The van der Waals surface area contributed by atoms with Crippen LogP contribution in [0.3, 0.4) is 0 Å². The minimum Gasteiger partial charge on any atom is -0.324 e. The van der Waals surface area contributed by atoms with Crippen LogP contribution in [0.2, 0.25) is 0 Å². The predicted octanol–water partition coefficient (Wildman–Crippen LogP) is 2.18. The summed E-state index contributed by atoms with van der Waals surface area (Å²) in [5.74, 6) is -1.38. The Hall–Kier alpha value is -1.70. The molecule has 0 bridgehead atoms. The molecule has 22 heavy (non-hydrogen) atoms. The molecule has 3 amide bonds. The van der Waals surface area contributed by atoms with Gasteiger partial charge in [-0.15, -0.1) is 0 Å². The molecule has 1 aliphatic heterocycles. The van der Waals surface area contributed by atoms with Crippen LogP contribution in [-0.4, -0.2) is 29.2 Å². The maximum absolute atomic E-state index is 12.3. The number of carbonyl (C=O) groups excluding carboxylic acids is 3. The molecule has 0 unspecified atom stereocenters. The van der Waals surface area contributed by atoms with Crippen LogP contribution in [-0.2, 0) is 14.4 Å². The molecular weight excluding hydrogens is 395 g/mol. The Labute approximate surface area is 141 Å². The first-order chi connectivity index (χ1) is 10.6. The van der Waals surface area contributed by atoms with Crippen molar-refractivity contribution in [2.24, 2.45) is 11.8 Å². The van der Waals surface area contributed by atoms with Gasteiger partial charge in [0.25, 0.3) is 0 Å². The first-order valence-corrected chi connectivity index (χ1v) is 8.20. The maximum atomic E-state index is 12.3. The summed E-state index contributed by atoms with van der Waals surface area (Å²) in [6.07, 6.45) is 5.04. The van der Waals surface area contributed by atoms with Gasteiger partial charge in [-0.2, -0.15) is 0 Å². The fourth-order valence-electron chi connectivity index (χ4n) is 2.92.